The number of benzene rings is 1. The Labute approximate surface area is 122 Å². The molecule has 0 radical (unpaired) electrons. The van der Waals surface area contributed by atoms with Gasteiger partial charge in [0, 0.05) is 17.8 Å². The first-order valence-corrected chi connectivity index (χ1v) is 7.32. The van der Waals surface area contributed by atoms with E-state index in [0.29, 0.717) is 5.69 Å². The van der Waals surface area contributed by atoms with E-state index < -0.39 is 0 Å². The molecule has 1 atom stereocenters. The molecule has 108 valence electrons. The minimum atomic E-state index is -0.358. The van der Waals surface area contributed by atoms with E-state index >= 15 is 0 Å². The van der Waals surface area contributed by atoms with Gasteiger partial charge in [0.15, 0.2) is 0 Å². The van der Waals surface area contributed by atoms with Gasteiger partial charge in [-0.05, 0) is 55.8 Å². The molecule has 2 aliphatic rings. The number of H-pyrrole nitrogens is 1. The molecule has 0 bridgehead atoms. The number of anilines is 1. The Hall–Kier alpha value is -2.30. The lowest BCUT2D eigenvalue weighted by molar-refractivity contribution is -0.119. The summed E-state index contributed by atoms with van der Waals surface area (Å²) in [7, 11) is 0. The maximum Gasteiger partial charge on any atom is 0.332 e. The topological polar surface area (TPSA) is 56.4 Å². The highest BCUT2D eigenvalue weighted by Gasteiger charge is 2.49. The van der Waals surface area contributed by atoms with Crippen molar-refractivity contribution in [3.63, 3.8) is 0 Å². The number of aromatic amines is 1. The predicted octanol–water partition coefficient (Wildman–Crippen LogP) is 2.80. The number of aryl methyl sites for hydroxylation is 1. The van der Waals surface area contributed by atoms with E-state index in [4.69, 9.17) is 0 Å². The van der Waals surface area contributed by atoms with E-state index in [1.54, 1.807) is 4.90 Å². The van der Waals surface area contributed by atoms with Crippen LogP contribution in [0.15, 0.2) is 24.4 Å². The van der Waals surface area contributed by atoms with Crippen LogP contribution in [0.25, 0.3) is 10.9 Å². The highest BCUT2D eigenvalue weighted by molar-refractivity contribution is 6.22. The van der Waals surface area contributed by atoms with E-state index in [0.717, 1.165) is 29.3 Å². The van der Waals surface area contributed by atoms with Crippen LogP contribution in [-0.4, -0.2) is 33.9 Å². The van der Waals surface area contributed by atoms with Crippen LogP contribution >= 0.6 is 0 Å². The number of nitrogens with one attached hydrogen (secondary N) is 1. The van der Waals surface area contributed by atoms with Crippen molar-refractivity contribution in [2.45, 2.75) is 38.8 Å². The van der Waals surface area contributed by atoms with Crippen molar-refractivity contribution in [3.05, 3.63) is 30.0 Å². The Kier molecular flexibility index (Phi) is 2.43. The summed E-state index contributed by atoms with van der Waals surface area (Å²) in [5.41, 5.74) is 2.57. The lowest BCUT2D eigenvalue weighted by Gasteiger charge is -2.19. The Bertz CT molecular complexity index is 760. The highest BCUT2D eigenvalue weighted by atomic mass is 16.2. The van der Waals surface area contributed by atoms with Crippen LogP contribution in [0.4, 0.5) is 10.5 Å². The summed E-state index contributed by atoms with van der Waals surface area (Å²) >= 11 is 0. The Morgan fingerprint density at radius 2 is 2.00 bits per heavy atom. The summed E-state index contributed by atoms with van der Waals surface area (Å²) in [6, 6.07) is 5.60. The van der Waals surface area contributed by atoms with Gasteiger partial charge in [-0.1, -0.05) is 0 Å². The zero-order chi connectivity index (χ0) is 14.7. The van der Waals surface area contributed by atoms with Crippen LogP contribution in [0.1, 0.15) is 25.3 Å². The zero-order valence-electron chi connectivity index (χ0n) is 12.1. The van der Waals surface area contributed by atoms with Gasteiger partial charge in [-0.2, -0.15) is 0 Å². The van der Waals surface area contributed by atoms with Gasteiger partial charge in [-0.25, -0.2) is 9.69 Å². The molecule has 1 saturated carbocycles. The molecule has 5 heteroatoms. The highest BCUT2D eigenvalue weighted by Crippen LogP contribution is 2.37. The largest absolute Gasteiger partial charge is 0.361 e. The fourth-order valence-corrected chi connectivity index (χ4v) is 3.17. The number of hydrogen-bond donors (Lipinski definition) is 1. The molecule has 2 heterocycles. The van der Waals surface area contributed by atoms with Crippen LogP contribution < -0.4 is 4.90 Å². The van der Waals surface area contributed by atoms with E-state index in [1.807, 2.05) is 38.2 Å². The number of urea groups is 1. The number of imide groups is 1. The number of carbonyl (C=O) groups is 2. The number of aromatic nitrogens is 1. The molecule has 2 aromatic rings. The molecule has 3 amide bonds. The number of hydrogen-bond acceptors (Lipinski definition) is 2. The van der Waals surface area contributed by atoms with E-state index in [2.05, 4.69) is 4.98 Å². The third-order valence-corrected chi connectivity index (χ3v) is 4.46. The number of carbonyl (C=O) groups excluding carboxylic acids is 2. The lowest BCUT2D eigenvalue weighted by atomic mass is 10.1. The molecule has 1 aliphatic carbocycles. The quantitative estimate of drug-likeness (QED) is 0.862. The first kappa shape index (κ1) is 12.4. The molecule has 1 saturated heterocycles. The third-order valence-electron chi connectivity index (χ3n) is 4.46. The van der Waals surface area contributed by atoms with Gasteiger partial charge in [0.05, 0.1) is 5.69 Å². The van der Waals surface area contributed by atoms with Crippen molar-refractivity contribution in [1.82, 2.24) is 9.88 Å². The number of rotatable bonds is 2. The molecule has 0 unspecified atom stereocenters. The maximum atomic E-state index is 12.7. The average molecular weight is 283 g/mol. The van der Waals surface area contributed by atoms with Gasteiger partial charge in [0.25, 0.3) is 5.91 Å². The van der Waals surface area contributed by atoms with Gasteiger partial charge in [-0.3, -0.25) is 4.79 Å². The Balaban J connectivity index is 1.81. The van der Waals surface area contributed by atoms with Gasteiger partial charge in [0.1, 0.15) is 6.04 Å². The first-order valence-electron chi connectivity index (χ1n) is 7.32. The van der Waals surface area contributed by atoms with Crippen LogP contribution in [0.5, 0.6) is 0 Å². The average Bonchev–Trinajstić information content (AvgIpc) is 3.13. The number of nitrogens with zero attached hydrogens (tertiary/aromatic N) is 2. The van der Waals surface area contributed by atoms with Gasteiger partial charge >= 0.3 is 6.03 Å². The fourth-order valence-electron chi connectivity index (χ4n) is 3.17. The minimum Gasteiger partial charge on any atom is -0.361 e. The standard InChI is InChI=1S/C16H17N3O2/c1-9-7-11-5-6-17-13(11)8-14(9)19-15(20)10(2)18(16(19)21)12-3-4-12/h5-8,10,12,17H,3-4H2,1-2H3/t10-/m0/s1. The fraction of sp³-hybridized carbons (Fsp3) is 0.375. The predicted molar refractivity (Wildman–Crippen MR) is 80.2 cm³/mol. The molecular weight excluding hydrogens is 266 g/mol. The van der Waals surface area contributed by atoms with Crippen molar-refractivity contribution in [1.29, 1.82) is 0 Å². The normalized spacial score (nSPS) is 22.7. The molecule has 1 aliphatic heterocycles. The van der Waals surface area contributed by atoms with Crippen molar-refractivity contribution in [3.8, 4) is 0 Å². The van der Waals surface area contributed by atoms with Crippen LogP contribution in [0, 0.1) is 6.92 Å². The maximum absolute atomic E-state index is 12.7. The second-order valence-corrected chi connectivity index (χ2v) is 5.97. The molecule has 5 nitrogen and oxygen atoms in total. The molecule has 2 fully saturated rings. The summed E-state index contributed by atoms with van der Waals surface area (Å²) in [4.78, 5) is 31.4. The molecule has 1 aromatic carbocycles. The van der Waals surface area contributed by atoms with Crippen LogP contribution in [-0.2, 0) is 4.79 Å². The second kappa shape index (κ2) is 4.10. The van der Waals surface area contributed by atoms with Gasteiger partial charge < -0.3 is 9.88 Å². The molecule has 1 aromatic heterocycles. The summed E-state index contributed by atoms with van der Waals surface area (Å²) in [6.45, 7) is 3.76. The molecule has 0 spiro atoms. The van der Waals surface area contributed by atoms with E-state index in [1.165, 1.54) is 4.90 Å². The van der Waals surface area contributed by atoms with Crippen molar-refractivity contribution < 1.29 is 9.59 Å². The zero-order valence-corrected chi connectivity index (χ0v) is 12.1. The summed E-state index contributed by atoms with van der Waals surface area (Å²) in [5, 5.41) is 1.09. The Morgan fingerprint density at radius 1 is 1.24 bits per heavy atom. The minimum absolute atomic E-state index is 0.124. The van der Waals surface area contributed by atoms with E-state index in [-0.39, 0.29) is 24.0 Å². The van der Waals surface area contributed by atoms with Crippen LogP contribution in [0.2, 0.25) is 0 Å². The first-order chi connectivity index (χ1) is 10.1. The van der Waals surface area contributed by atoms with Crippen molar-refractivity contribution >= 4 is 28.5 Å². The van der Waals surface area contributed by atoms with Gasteiger partial charge in [-0.15, -0.1) is 0 Å². The molecule has 21 heavy (non-hydrogen) atoms. The monoisotopic (exact) mass is 283 g/mol. The van der Waals surface area contributed by atoms with Crippen molar-refractivity contribution in [2.75, 3.05) is 4.90 Å². The Morgan fingerprint density at radius 3 is 2.71 bits per heavy atom. The van der Waals surface area contributed by atoms with Gasteiger partial charge in [0.2, 0.25) is 0 Å². The molecular formula is C16H17N3O2. The summed E-state index contributed by atoms with van der Waals surface area (Å²) in [6.07, 6.45) is 3.87. The number of amides is 3. The smallest absolute Gasteiger partial charge is 0.332 e. The number of fused-ring (bicyclic) bond motifs is 1. The summed E-state index contributed by atoms with van der Waals surface area (Å²) in [5.74, 6) is -0.124. The summed E-state index contributed by atoms with van der Waals surface area (Å²) < 4.78 is 0. The lowest BCUT2D eigenvalue weighted by Crippen LogP contribution is -2.35. The van der Waals surface area contributed by atoms with Crippen LogP contribution in [0.3, 0.4) is 0 Å². The van der Waals surface area contributed by atoms with E-state index in [9.17, 15) is 9.59 Å². The molecule has 4 rings (SSSR count). The second-order valence-electron chi connectivity index (χ2n) is 5.97. The van der Waals surface area contributed by atoms with Crippen molar-refractivity contribution in [2.24, 2.45) is 0 Å². The molecule has 1 N–H and O–H groups in total. The third kappa shape index (κ3) is 1.70. The SMILES string of the molecule is Cc1cc2cc[nH]c2cc1N1C(=O)[C@H](C)N(C2CC2)C1=O.